The molecule has 0 saturated carbocycles. The molecule has 1 aromatic carbocycles. The third-order valence-electron chi connectivity index (χ3n) is 2.92. The van der Waals surface area contributed by atoms with E-state index in [9.17, 15) is 5.11 Å². The Kier molecular flexibility index (Phi) is 2.47. The minimum absolute atomic E-state index is 0.265. The molecule has 0 fully saturated rings. The fourth-order valence-corrected chi connectivity index (χ4v) is 2.08. The Labute approximate surface area is 90.9 Å². The third-order valence-corrected chi connectivity index (χ3v) is 2.92. The van der Waals surface area contributed by atoms with E-state index in [-0.39, 0.29) is 5.60 Å². The highest BCUT2D eigenvalue weighted by Crippen LogP contribution is 2.39. The topological polar surface area (TPSA) is 29.5 Å². The van der Waals surface area contributed by atoms with Crippen LogP contribution in [0.15, 0.2) is 18.2 Å². The van der Waals surface area contributed by atoms with Crippen molar-refractivity contribution in [2.45, 2.75) is 45.3 Å². The van der Waals surface area contributed by atoms with Gasteiger partial charge in [0.1, 0.15) is 11.4 Å². The van der Waals surface area contributed by atoms with Crippen LogP contribution in [-0.2, 0) is 6.42 Å². The molecule has 2 rings (SSSR count). The molecule has 0 aromatic heterocycles. The lowest BCUT2D eigenvalue weighted by Crippen LogP contribution is -2.34. The first-order valence-corrected chi connectivity index (χ1v) is 5.52. The molecule has 2 heteroatoms. The van der Waals surface area contributed by atoms with Gasteiger partial charge in [-0.3, -0.25) is 0 Å². The summed E-state index contributed by atoms with van der Waals surface area (Å²) >= 11 is 0. The summed E-state index contributed by atoms with van der Waals surface area (Å²) < 4.78 is 5.87. The van der Waals surface area contributed by atoms with Crippen molar-refractivity contribution in [3.63, 3.8) is 0 Å². The number of aliphatic hydroxyl groups excluding tert-OH is 1. The van der Waals surface area contributed by atoms with Gasteiger partial charge in [0, 0.05) is 12.0 Å². The number of aryl methyl sites for hydroxylation is 1. The minimum Gasteiger partial charge on any atom is -0.487 e. The average molecular weight is 206 g/mol. The van der Waals surface area contributed by atoms with Crippen molar-refractivity contribution in [3.8, 4) is 5.75 Å². The van der Waals surface area contributed by atoms with Crippen LogP contribution in [0.4, 0.5) is 0 Å². The molecule has 0 bridgehead atoms. The van der Waals surface area contributed by atoms with Crippen LogP contribution < -0.4 is 4.74 Å². The predicted molar refractivity (Wildman–Crippen MR) is 60.1 cm³/mol. The van der Waals surface area contributed by atoms with Crippen molar-refractivity contribution < 1.29 is 9.84 Å². The average Bonchev–Trinajstić information content (AvgIpc) is 2.14. The molecule has 0 radical (unpaired) electrons. The second-order valence-corrected chi connectivity index (χ2v) is 4.81. The van der Waals surface area contributed by atoms with Gasteiger partial charge >= 0.3 is 0 Å². The fraction of sp³-hybridized carbons (Fsp3) is 0.538. The van der Waals surface area contributed by atoms with Gasteiger partial charge < -0.3 is 9.84 Å². The number of hydrogen-bond acceptors (Lipinski definition) is 2. The summed E-state index contributed by atoms with van der Waals surface area (Å²) in [5.74, 6) is 0.845. The van der Waals surface area contributed by atoms with E-state index in [1.54, 1.807) is 0 Å². The minimum atomic E-state index is -0.394. The highest BCUT2D eigenvalue weighted by Gasteiger charge is 2.32. The second kappa shape index (κ2) is 3.53. The van der Waals surface area contributed by atoms with Crippen LogP contribution >= 0.6 is 0 Å². The van der Waals surface area contributed by atoms with Gasteiger partial charge in [0.25, 0.3) is 0 Å². The summed E-state index contributed by atoms with van der Waals surface area (Å²) in [6.45, 7) is 6.14. The summed E-state index contributed by atoms with van der Waals surface area (Å²) in [7, 11) is 0. The number of aliphatic hydroxyl groups is 1. The summed E-state index contributed by atoms with van der Waals surface area (Å²) in [5, 5.41) is 9.98. The Bertz CT molecular complexity index is 369. The number of fused-ring (bicyclic) bond motifs is 1. The zero-order chi connectivity index (χ0) is 11.1. The molecule has 0 spiro atoms. The first kappa shape index (κ1) is 10.5. The number of rotatable bonds is 1. The van der Waals surface area contributed by atoms with Gasteiger partial charge in [0.15, 0.2) is 0 Å². The van der Waals surface area contributed by atoms with Gasteiger partial charge in [-0.05, 0) is 31.9 Å². The van der Waals surface area contributed by atoms with Crippen LogP contribution in [0, 0.1) is 0 Å². The van der Waals surface area contributed by atoms with E-state index in [2.05, 4.69) is 13.0 Å². The summed E-state index contributed by atoms with van der Waals surface area (Å²) in [4.78, 5) is 0. The monoisotopic (exact) mass is 206 g/mol. The van der Waals surface area contributed by atoms with Crippen molar-refractivity contribution >= 4 is 0 Å². The maximum Gasteiger partial charge on any atom is 0.126 e. The first-order chi connectivity index (χ1) is 7.02. The van der Waals surface area contributed by atoms with Crippen LogP contribution in [0.5, 0.6) is 5.75 Å². The van der Waals surface area contributed by atoms with Crippen LogP contribution in [0.3, 0.4) is 0 Å². The molecule has 82 valence electrons. The molecule has 15 heavy (non-hydrogen) atoms. The van der Waals surface area contributed by atoms with Gasteiger partial charge in [-0.1, -0.05) is 19.1 Å². The quantitative estimate of drug-likeness (QED) is 0.765. The normalized spacial score (nSPS) is 23.1. The van der Waals surface area contributed by atoms with E-state index in [1.807, 2.05) is 26.0 Å². The van der Waals surface area contributed by atoms with Crippen LogP contribution in [0.1, 0.15) is 44.4 Å². The van der Waals surface area contributed by atoms with E-state index >= 15 is 0 Å². The lowest BCUT2D eigenvalue weighted by atomic mass is 9.91. The molecule has 0 saturated heterocycles. The Morgan fingerprint density at radius 1 is 1.47 bits per heavy atom. The zero-order valence-corrected chi connectivity index (χ0v) is 9.58. The van der Waals surface area contributed by atoms with Gasteiger partial charge in [0.2, 0.25) is 0 Å². The number of benzene rings is 1. The molecule has 0 amide bonds. The molecule has 1 aliphatic rings. The maximum absolute atomic E-state index is 9.98. The van der Waals surface area contributed by atoms with E-state index in [0.29, 0.717) is 6.42 Å². The van der Waals surface area contributed by atoms with E-state index in [0.717, 1.165) is 17.7 Å². The second-order valence-electron chi connectivity index (χ2n) is 4.81. The van der Waals surface area contributed by atoms with Crippen LogP contribution in [0.2, 0.25) is 0 Å². The summed E-state index contributed by atoms with van der Waals surface area (Å²) in [6.07, 6.45) is 1.26. The van der Waals surface area contributed by atoms with Gasteiger partial charge in [-0.25, -0.2) is 0 Å². The maximum atomic E-state index is 9.98. The predicted octanol–water partition coefficient (Wildman–Crippen LogP) is 2.84. The largest absolute Gasteiger partial charge is 0.487 e. The van der Waals surface area contributed by atoms with Crippen molar-refractivity contribution in [1.82, 2.24) is 0 Å². The standard InChI is InChI=1S/C13H18O2/c1-4-9-5-6-10-11(14)8-13(2,3)15-12(10)7-9/h5-7,11,14H,4,8H2,1-3H3/t11-/m1/s1. The Hall–Kier alpha value is -1.02. The highest BCUT2D eigenvalue weighted by atomic mass is 16.5. The number of ether oxygens (including phenoxy) is 1. The zero-order valence-electron chi connectivity index (χ0n) is 9.58. The molecular formula is C13H18O2. The Balaban J connectivity index is 2.42. The number of hydrogen-bond donors (Lipinski definition) is 1. The molecule has 1 aliphatic heterocycles. The molecule has 1 aromatic rings. The van der Waals surface area contributed by atoms with E-state index in [1.165, 1.54) is 5.56 Å². The summed E-state index contributed by atoms with van der Waals surface area (Å²) in [6, 6.07) is 6.08. The van der Waals surface area contributed by atoms with Gasteiger partial charge in [-0.15, -0.1) is 0 Å². The highest BCUT2D eigenvalue weighted by molar-refractivity contribution is 5.41. The third kappa shape index (κ3) is 2.00. The molecule has 1 N–H and O–H groups in total. The Morgan fingerprint density at radius 2 is 2.20 bits per heavy atom. The Morgan fingerprint density at radius 3 is 2.87 bits per heavy atom. The molecular weight excluding hydrogens is 188 g/mol. The first-order valence-electron chi connectivity index (χ1n) is 5.52. The fourth-order valence-electron chi connectivity index (χ4n) is 2.08. The van der Waals surface area contributed by atoms with Crippen molar-refractivity contribution in [1.29, 1.82) is 0 Å². The van der Waals surface area contributed by atoms with Crippen molar-refractivity contribution in [2.24, 2.45) is 0 Å². The molecule has 1 atom stereocenters. The van der Waals surface area contributed by atoms with Gasteiger partial charge in [-0.2, -0.15) is 0 Å². The lowest BCUT2D eigenvalue weighted by Gasteiger charge is -2.35. The lowest BCUT2D eigenvalue weighted by molar-refractivity contribution is 0.0115. The summed E-state index contributed by atoms with van der Waals surface area (Å²) in [5.41, 5.74) is 1.91. The van der Waals surface area contributed by atoms with Crippen LogP contribution in [-0.4, -0.2) is 10.7 Å². The molecule has 0 aliphatic carbocycles. The van der Waals surface area contributed by atoms with Crippen molar-refractivity contribution in [2.75, 3.05) is 0 Å². The molecule has 0 unspecified atom stereocenters. The van der Waals surface area contributed by atoms with Crippen molar-refractivity contribution in [3.05, 3.63) is 29.3 Å². The van der Waals surface area contributed by atoms with Crippen LogP contribution in [0.25, 0.3) is 0 Å². The molecule has 1 heterocycles. The SMILES string of the molecule is CCc1ccc2c(c1)OC(C)(C)C[C@H]2O. The van der Waals surface area contributed by atoms with E-state index in [4.69, 9.17) is 4.74 Å². The van der Waals surface area contributed by atoms with E-state index < -0.39 is 6.10 Å². The smallest absolute Gasteiger partial charge is 0.126 e. The molecule has 2 nitrogen and oxygen atoms in total. The van der Waals surface area contributed by atoms with Gasteiger partial charge in [0.05, 0.1) is 6.10 Å².